The van der Waals surface area contributed by atoms with Gasteiger partial charge < -0.3 is 14.7 Å². The molecule has 0 unspecified atom stereocenters. The van der Waals surface area contributed by atoms with Gasteiger partial charge in [0, 0.05) is 13.3 Å². The molecular weight excluding hydrogens is 308 g/mol. The number of hydrogen-bond acceptors (Lipinski definition) is 6. The van der Waals surface area contributed by atoms with E-state index in [0.29, 0.717) is 23.8 Å². The highest BCUT2D eigenvalue weighted by atomic mass is 16.6. The van der Waals surface area contributed by atoms with Crippen molar-refractivity contribution >= 4 is 11.6 Å². The molecule has 1 N–H and O–H groups in total. The standard InChI is InChI=1S/C17H18N4O3/c1-11-18-16(21-23-11)17(8-5-9-17)19-15(22)13-10-14(24-20-13)12-6-3-2-4-7-12/h2-4,6-7,14H,5,8-10H2,1H3,(H,19,22)/t14-/m1/s1. The van der Waals surface area contributed by atoms with Crippen LogP contribution in [0.15, 0.2) is 40.0 Å². The number of carbonyl (C=O) groups excluding carboxylic acids is 1. The molecule has 24 heavy (non-hydrogen) atoms. The Kier molecular flexibility index (Phi) is 3.55. The third-order valence-electron chi connectivity index (χ3n) is 4.62. The third kappa shape index (κ3) is 2.55. The molecule has 1 aliphatic heterocycles. The lowest BCUT2D eigenvalue weighted by Crippen LogP contribution is -2.53. The topological polar surface area (TPSA) is 89.6 Å². The predicted molar refractivity (Wildman–Crippen MR) is 85.0 cm³/mol. The van der Waals surface area contributed by atoms with E-state index in [1.165, 1.54) is 0 Å². The first-order valence-corrected chi connectivity index (χ1v) is 8.07. The van der Waals surface area contributed by atoms with Crippen LogP contribution in [0.25, 0.3) is 0 Å². The van der Waals surface area contributed by atoms with E-state index < -0.39 is 5.54 Å². The number of carbonyl (C=O) groups is 1. The average Bonchev–Trinajstić information content (AvgIpc) is 3.21. The van der Waals surface area contributed by atoms with Gasteiger partial charge in [-0.25, -0.2) is 0 Å². The molecule has 0 radical (unpaired) electrons. The number of oxime groups is 1. The van der Waals surface area contributed by atoms with Crippen molar-refractivity contribution in [2.24, 2.45) is 5.16 Å². The van der Waals surface area contributed by atoms with E-state index >= 15 is 0 Å². The van der Waals surface area contributed by atoms with E-state index in [2.05, 4.69) is 20.6 Å². The molecule has 1 atom stereocenters. The summed E-state index contributed by atoms with van der Waals surface area (Å²) in [5.74, 6) is 0.811. The molecule has 4 rings (SSSR count). The molecule has 1 saturated carbocycles. The largest absolute Gasteiger partial charge is 0.387 e. The van der Waals surface area contributed by atoms with Crippen molar-refractivity contribution in [3.05, 3.63) is 47.6 Å². The van der Waals surface area contributed by atoms with Gasteiger partial charge in [0.25, 0.3) is 5.91 Å². The van der Waals surface area contributed by atoms with Crippen molar-refractivity contribution in [3.63, 3.8) is 0 Å². The molecule has 0 spiro atoms. The Morgan fingerprint density at radius 1 is 1.29 bits per heavy atom. The summed E-state index contributed by atoms with van der Waals surface area (Å²) in [6.07, 6.45) is 2.86. The first-order valence-electron chi connectivity index (χ1n) is 8.07. The Morgan fingerprint density at radius 3 is 2.71 bits per heavy atom. The molecule has 1 aromatic carbocycles. The van der Waals surface area contributed by atoms with Gasteiger partial charge in [0.15, 0.2) is 11.9 Å². The van der Waals surface area contributed by atoms with Crippen LogP contribution in [0.2, 0.25) is 0 Å². The number of aryl methyl sites for hydroxylation is 1. The average molecular weight is 326 g/mol. The summed E-state index contributed by atoms with van der Waals surface area (Å²) in [7, 11) is 0. The minimum absolute atomic E-state index is 0.211. The van der Waals surface area contributed by atoms with E-state index in [4.69, 9.17) is 9.36 Å². The lowest BCUT2D eigenvalue weighted by molar-refractivity contribution is -0.118. The number of rotatable bonds is 4. The summed E-state index contributed by atoms with van der Waals surface area (Å²) in [4.78, 5) is 22.3. The maximum absolute atomic E-state index is 12.6. The summed E-state index contributed by atoms with van der Waals surface area (Å²) >= 11 is 0. The fourth-order valence-electron chi connectivity index (χ4n) is 3.08. The Morgan fingerprint density at radius 2 is 2.08 bits per heavy atom. The Hall–Kier alpha value is -2.70. The summed E-state index contributed by atoms with van der Waals surface area (Å²) in [6, 6.07) is 9.77. The van der Waals surface area contributed by atoms with Gasteiger partial charge in [-0.3, -0.25) is 4.79 Å². The summed E-state index contributed by atoms with van der Waals surface area (Å²) in [5, 5.41) is 11.0. The van der Waals surface area contributed by atoms with Gasteiger partial charge in [0.2, 0.25) is 5.89 Å². The maximum atomic E-state index is 12.6. The molecule has 7 nitrogen and oxygen atoms in total. The first kappa shape index (κ1) is 14.9. The second kappa shape index (κ2) is 5.74. The SMILES string of the molecule is Cc1nc(C2(NC(=O)C3=NO[C@@H](c4ccccc4)C3)CCC2)no1. The van der Waals surface area contributed by atoms with Crippen molar-refractivity contribution in [3.8, 4) is 0 Å². The van der Waals surface area contributed by atoms with Gasteiger partial charge in [-0.1, -0.05) is 40.6 Å². The van der Waals surface area contributed by atoms with Crippen molar-refractivity contribution in [1.29, 1.82) is 0 Å². The lowest BCUT2D eigenvalue weighted by atomic mass is 9.76. The van der Waals surface area contributed by atoms with Gasteiger partial charge in [0.05, 0.1) is 0 Å². The van der Waals surface area contributed by atoms with Gasteiger partial charge in [-0.15, -0.1) is 0 Å². The molecule has 1 amide bonds. The van der Waals surface area contributed by atoms with Crippen LogP contribution in [0.3, 0.4) is 0 Å². The van der Waals surface area contributed by atoms with Crippen LogP contribution >= 0.6 is 0 Å². The van der Waals surface area contributed by atoms with Crippen LogP contribution < -0.4 is 5.32 Å². The molecular formula is C17H18N4O3. The van der Waals surface area contributed by atoms with Gasteiger partial charge >= 0.3 is 0 Å². The summed E-state index contributed by atoms with van der Waals surface area (Å²) in [6.45, 7) is 1.74. The minimum Gasteiger partial charge on any atom is -0.387 e. The highest BCUT2D eigenvalue weighted by Gasteiger charge is 2.45. The Bertz CT molecular complexity index is 780. The molecule has 2 heterocycles. The van der Waals surface area contributed by atoms with Gasteiger partial charge in [0.1, 0.15) is 11.3 Å². The molecule has 0 saturated heterocycles. The first-order chi connectivity index (χ1) is 11.7. The zero-order valence-electron chi connectivity index (χ0n) is 13.4. The highest BCUT2D eigenvalue weighted by Crippen LogP contribution is 2.40. The van der Waals surface area contributed by atoms with Crippen molar-refractivity contribution in [2.75, 3.05) is 0 Å². The minimum atomic E-state index is -0.539. The van der Waals surface area contributed by atoms with Gasteiger partial charge in [-0.05, 0) is 24.8 Å². The highest BCUT2D eigenvalue weighted by molar-refractivity contribution is 6.39. The van der Waals surface area contributed by atoms with E-state index in [0.717, 1.165) is 24.8 Å². The zero-order valence-corrected chi connectivity index (χ0v) is 13.4. The second-order valence-corrected chi connectivity index (χ2v) is 6.27. The molecule has 2 aromatic rings. The van der Waals surface area contributed by atoms with E-state index in [1.807, 2.05) is 30.3 Å². The van der Waals surface area contributed by atoms with Crippen LogP contribution in [-0.2, 0) is 15.2 Å². The molecule has 1 aliphatic carbocycles. The normalized spacial score (nSPS) is 21.5. The van der Waals surface area contributed by atoms with Crippen LogP contribution in [-0.4, -0.2) is 21.8 Å². The molecule has 124 valence electrons. The van der Waals surface area contributed by atoms with Crippen LogP contribution in [0.5, 0.6) is 0 Å². The fourth-order valence-corrected chi connectivity index (χ4v) is 3.08. The number of benzene rings is 1. The quantitative estimate of drug-likeness (QED) is 0.932. The second-order valence-electron chi connectivity index (χ2n) is 6.27. The number of nitrogens with one attached hydrogen (secondary N) is 1. The van der Waals surface area contributed by atoms with Crippen molar-refractivity contribution < 1.29 is 14.2 Å². The number of amides is 1. The zero-order chi connectivity index (χ0) is 16.6. The Labute approximate surface area is 139 Å². The fraction of sp³-hybridized carbons (Fsp3) is 0.412. The Balaban J connectivity index is 1.45. The van der Waals surface area contributed by atoms with Crippen LogP contribution in [0.4, 0.5) is 0 Å². The summed E-state index contributed by atoms with van der Waals surface area (Å²) < 4.78 is 5.06. The van der Waals surface area contributed by atoms with Crippen molar-refractivity contribution in [1.82, 2.24) is 15.5 Å². The van der Waals surface area contributed by atoms with E-state index in [1.54, 1.807) is 6.92 Å². The number of hydrogen-bond donors (Lipinski definition) is 1. The molecule has 7 heteroatoms. The van der Waals surface area contributed by atoms with Crippen LogP contribution in [0, 0.1) is 6.92 Å². The van der Waals surface area contributed by atoms with E-state index in [9.17, 15) is 4.79 Å². The predicted octanol–water partition coefficient (Wildman–Crippen LogP) is 2.39. The number of nitrogens with zero attached hydrogens (tertiary/aromatic N) is 3. The smallest absolute Gasteiger partial charge is 0.270 e. The van der Waals surface area contributed by atoms with Gasteiger partial charge in [-0.2, -0.15) is 4.98 Å². The lowest BCUT2D eigenvalue weighted by Gasteiger charge is -2.39. The third-order valence-corrected chi connectivity index (χ3v) is 4.62. The van der Waals surface area contributed by atoms with Crippen LogP contribution in [0.1, 0.15) is 49.1 Å². The number of aromatic nitrogens is 2. The molecule has 1 aromatic heterocycles. The monoisotopic (exact) mass is 326 g/mol. The summed E-state index contributed by atoms with van der Waals surface area (Å²) in [5.41, 5.74) is 0.869. The maximum Gasteiger partial charge on any atom is 0.270 e. The molecule has 0 bridgehead atoms. The van der Waals surface area contributed by atoms with Crippen molar-refractivity contribution in [2.45, 2.75) is 44.2 Å². The van der Waals surface area contributed by atoms with E-state index in [-0.39, 0.29) is 12.0 Å². The molecule has 2 aliphatic rings. The molecule has 1 fully saturated rings.